The molecular formula is C26H21FN10O. The molecule has 0 bridgehead atoms. The molecule has 1 fully saturated rings. The molecule has 1 aliphatic rings. The van der Waals surface area contributed by atoms with Crippen LogP contribution in [0.15, 0.2) is 49.6 Å². The summed E-state index contributed by atoms with van der Waals surface area (Å²) in [6, 6.07) is 1.67. The van der Waals surface area contributed by atoms with Crippen molar-refractivity contribution in [1.29, 1.82) is 0 Å². The van der Waals surface area contributed by atoms with Crippen LogP contribution in [0.5, 0.6) is 0 Å². The summed E-state index contributed by atoms with van der Waals surface area (Å²) in [5.41, 5.74) is 4.69. The van der Waals surface area contributed by atoms with Crippen molar-refractivity contribution < 1.29 is 9.18 Å². The highest BCUT2D eigenvalue weighted by atomic mass is 19.1. The van der Waals surface area contributed by atoms with Gasteiger partial charge in [-0.25, -0.2) is 14.4 Å². The van der Waals surface area contributed by atoms with Gasteiger partial charge < -0.3 is 14.9 Å². The van der Waals surface area contributed by atoms with E-state index in [1.54, 1.807) is 31.0 Å². The Hall–Kier alpha value is -5.00. The summed E-state index contributed by atoms with van der Waals surface area (Å²) in [6.45, 7) is 1.90. The molecular weight excluding hydrogens is 487 g/mol. The smallest absolute Gasteiger partial charge is 0.227 e. The van der Waals surface area contributed by atoms with Crippen molar-refractivity contribution in [2.75, 3.05) is 5.32 Å². The number of aryl methyl sites for hydroxylation is 1. The molecule has 6 heterocycles. The van der Waals surface area contributed by atoms with Gasteiger partial charge in [0.1, 0.15) is 16.9 Å². The maximum absolute atomic E-state index is 16.0. The minimum absolute atomic E-state index is 0.0238. The van der Waals surface area contributed by atoms with E-state index in [0.717, 1.165) is 30.6 Å². The Morgan fingerprint density at radius 3 is 2.74 bits per heavy atom. The van der Waals surface area contributed by atoms with Crippen LogP contribution in [0.1, 0.15) is 25.0 Å². The summed E-state index contributed by atoms with van der Waals surface area (Å²) >= 11 is 0. The van der Waals surface area contributed by atoms with Gasteiger partial charge in [-0.15, -0.1) is 0 Å². The van der Waals surface area contributed by atoms with E-state index in [9.17, 15) is 4.79 Å². The highest BCUT2D eigenvalue weighted by molar-refractivity contribution is 5.97. The number of halogens is 1. The zero-order valence-corrected chi connectivity index (χ0v) is 20.2. The fraction of sp³-hybridized carbons (Fsp3) is 0.192. The molecule has 188 valence electrons. The standard InChI is InChI=1S/C26H21FN10O/c1-13-11-37(12-31-13)19-10-29-8-18-23(19)34-25(33-18)24-20-17(35-36-24)9-30-22(21(20)27)15-5-16(7-28-6-15)32-26(38)14-3-2-4-14/h5-12,14H,2-4H2,1H3,(H,32,38)(H,33,34)(H,35,36). The predicted octanol–water partition coefficient (Wildman–Crippen LogP) is 4.33. The number of hydrogen-bond donors (Lipinski definition) is 3. The molecule has 1 saturated carbocycles. The minimum Gasteiger partial charge on any atom is -0.335 e. The normalized spacial score (nSPS) is 13.7. The molecule has 11 nitrogen and oxygen atoms in total. The van der Waals surface area contributed by atoms with Crippen LogP contribution in [0.2, 0.25) is 0 Å². The zero-order valence-electron chi connectivity index (χ0n) is 20.2. The van der Waals surface area contributed by atoms with Crippen LogP contribution < -0.4 is 5.32 Å². The lowest BCUT2D eigenvalue weighted by Crippen LogP contribution is -2.28. The number of imidazole rings is 2. The van der Waals surface area contributed by atoms with Crippen LogP contribution in [-0.2, 0) is 4.79 Å². The summed E-state index contributed by atoms with van der Waals surface area (Å²) in [4.78, 5) is 37.4. The SMILES string of the molecule is Cc1cn(-c2cncc3[nH]c(-c4n[nH]c5cnc(-c6cncc(NC(=O)C7CCC7)c6)c(F)c45)nc23)cn1. The first-order valence-electron chi connectivity index (χ1n) is 12.2. The Balaban J connectivity index is 1.30. The lowest BCUT2D eigenvalue weighted by Gasteiger charge is -2.24. The lowest BCUT2D eigenvalue weighted by molar-refractivity contribution is -0.122. The van der Waals surface area contributed by atoms with Gasteiger partial charge in [0, 0.05) is 23.9 Å². The molecule has 6 aromatic rings. The van der Waals surface area contributed by atoms with Crippen LogP contribution in [0.3, 0.4) is 0 Å². The Bertz CT molecular complexity index is 1850. The topological polar surface area (TPSA) is 143 Å². The van der Waals surface area contributed by atoms with Gasteiger partial charge in [0.15, 0.2) is 11.6 Å². The molecule has 6 aromatic heterocycles. The number of aromatic amines is 2. The first kappa shape index (κ1) is 22.2. The van der Waals surface area contributed by atoms with Crippen LogP contribution in [-0.4, -0.2) is 50.6 Å². The van der Waals surface area contributed by atoms with E-state index in [0.29, 0.717) is 39.3 Å². The number of fused-ring (bicyclic) bond motifs is 2. The summed E-state index contributed by atoms with van der Waals surface area (Å²) in [5, 5.41) is 10.3. The third-order valence-electron chi connectivity index (χ3n) is 6.89. The van der Waals surface area contributed by atoms with Crippen molar-refractivity contribution >= 4 is 33.5 Å². The van der Waals surface area contributed by atoms with Crippen molar-refractivity contribution in [2.45, 2.75) is 26.2 Å². The largest absolute Gasteiger partial charge is 0.335 e. The maximum atomic E-state index is 16.0. The average molecular weight is 509 g/mol. The van der Waals surface area contributed by atoms with Gasteiger partial charge >= 0.3 is 0 Å². The number of pyridine rings is 3. The van der Waals surface area contributed by atoms with E-state index >= 15 is 4.39 Å². The number of hydrogen-bond acceptors (Lipinski definition) is 7. The number of carbonyl (C=O) groups excluding carboxylic acids is 1. The van der Waals surface area contributed by atoms with Crippen LogP contribution >= 0.6 is 0 Å². The number of nitrogens with one attached hydrogen (secondary N) is 3. The summed E-state index contributed by atoms with van der Waals surface area (Å²) in [6.07, 6.45) is 14.3. The number of aromatic nitrogens is 9. The summed E-state index contributed by atoms with van der Waals surface area (Å²) in [7, 11) is 0. The monoisotopic (exact) mass is 508 g/mol. The number of carbonyl (C=O) groups is 1. The fourth-order valence-corrected chi connectivity index (χ4v) is 4.67. The van der Waals surface area contributed by atoms with Crippen molar-refractivity contribution in [3.05, 3.63) is 61.1 Å². The minimum atomic E-state index is -0.570. The maximum Gasteiger partial charge on any atom is 0.227 e. The summed E-state index contributed by atoms with van der Waals surface area (Å²) in [5.74, 6) is -0.205. The number of anilines is 1. The highest BCUT2D eigenvalue weighted by Gasteiger charge is 2.26. The van der Waals surface area contributed by atoms with Gasteiger partial charge in [0.2, 0.25) is 5.91 Å². The van der Waals surface area contributed by atoms with E-state index in [1.807, 2.05) is 17.7 Å². The van der Waals surface area contributed by atoms with Gasteiger partial charge in [0.05, 0.1) is 64.6 Å². The second kappa shape index (κ2) is 8.54. The number of rotatable bonds is 5. The molecule has 0 unspecified atom stereocenters. The van der Waals surface area contributed by atoms with Crippen molar-refractivity contribution in [3.8, 4) is 28.5 Å². The molecule has 0 spiro atoms. The van der Waals surface area contributed by atoms with Crippen LogP contribution in [0.25, 0.3) is 50.4 Å². The quantitative estimate of drug-likeness (QED) is 0.314. The molecule has 12 heteroatoms. The van der Waals surface area contributed by atoms with Crippen molar-refractivity contribution in [3.63, 3.8) is 0 Å². The van der Waals surface area contributed by atoms with E-state index in [-0.39, 0.29) is 22.9 Å². The average Bonchev–Trinajstić information content (AvgIpc) is 3.61. The molecule has 38 heavy (non-hydrogen) atoms. The van der Waals surface area contributed by atoms with E-state index in [4.69, 9.17) is 4.98 Å². The first-order chi connectivity index (χ1) is 18.5. The lowest BCUT2D eigenvalue weighted by atomic mass is 9.85. The zero-order chi connectivity index (χ0) is 25.8. The number of nitrogens with zero attached hydrogens (tertiary/aromatic N) is 7. The van der Waals surface area contributed by atoms with Crippen LogP contribution in [0.4, 0.5) is 10.1 Å². The van der Waals surface area contributed by atoms with E-state index in [2.05, 4.69) is 40.4 Å². The second-order valence-electron chi connectivity index (χ2n) is 9.42. The van der Waals surface area contributed by atoms with Gasteiger partial charge in [-0.1, -0.05) is 6.42 Å². The highest BCUT2D eigenvalue weighted by Crippen LogP contribution is 2.34. The Morgan fingerprint density at radius 2 is 1.95 bits per heavy atom. The number of H-pyrrole nitrogens is 2. The molecule has 7 rings (SSSR count). The van der Waals surface area contributed by atoms with Gasteiger partial charge in [-0.2, -0.15) is 5.10 Å². The molecule has 1 aliphatic carbocycles. The van der Waals surface area contributed by atoms with Crippen molar-refractivity contribution in [2.24, 2.45) is 5.92 Å². The van der Waals surface area contributed by atoms with Gasteiger partial charge in [-0.05, 0) is 25.8 Å². The molecule has 0 radical (unpaired) electrons. The fourth-order valence-electron chi connectivity index (χ4n) is 4.67. The van der Waals surface area contributed by atoms with Crippen LogP contribution in [0, 0.1) is 18.7 Å². The Labute approximate surface area is 214 Å². The molecule has 0 aliphatic heterocycles. The van der Waals surface area contributed by atoms with Gasteiger partial charge in [-0.3, -0.25) is 24.8 Å². The Morgan fingerprint density at radius 1 is 1.08 bits per heavy atom. The molecule has 0 saturated heterocycles. The molecule has 3 N–H and O–H groups in total. The van der Waals surface area contributed by atoms with Crippen molar-refractivity contribution in [1.82, 2.24) is 44.7 Å². The second-order valence-corrected chi connectivity index (χ2v) is 9.42. The number of amides is 1. The predicted molar refractivity (Wildman–Crippen MR) is 138 cm³/mol. The Kier molecular flexibility index (Phi) is 4.99. The van der Waals surface area contributed by atoms with E-state index < -0.39 is 5.82 Å². The third kappa shape index (κ3) is 3.60. The molecule has 1 amide bonds. The molecule has 0 aromatic carbocycles. The molecule has 0 atom stereocenters. The first-order valence-corrected chi connectivity index (χ1v) is 12.2. The summed E-state index contributed by atoms with van der Waals surface area (Å²) < 4.78 is 17.9. The van der Waals surface area contributed by atoms with Gasteiger partial charge in [0.25, 0.3) is 0 Å². The third-order valence-corrected chi connectivity index (χ3v) is 6.89. The van der Waals surface area contributed by atoms with E-state index in [1.165, 1.54) is 12.4 Å².